The molecule has 27 heavy (non-hydrogen) atoms. The Balaban J connectivity index is 1.88. The number of carbonyl (C=O) groups is 3. The van der Waals surface area contributed by atoms with Crippen molar-refractivity contribution in [3.8, 4) is 5.75 Å². The van der Waals surface area contributed by atoms with Crippen molar-refractivity contribution in [3.05, 3.63) is 53.6 Å². The molecule has 0 unspecified atom stereocenters. The van der Waals surface area contributed by atoms with Crippen LogP contribution >= 0.6 is 0 Å². The van der Waals surface area contributed by atoms with Crippen molar-refractivity contribution >= 4 is 45.8 Å². The maximum absolute atomic E-state index is 12.3. The third kappa shape index (κ3) is 2.73. The van der Waals surface area contributed by atoms with Crippen LogP contribution in [0.4, 0.5) is 17.2 Å². The van der Waals surface area contributed by atoms with Crippen LogP contribution in [0, 0.1) is 0 Å². The lowest BCUT2D eigenvalue weighted by Crippen LogP contribution is -2.13. The van der Waals surface area contributed by atoms with E-state index in [9.17, 15) is 19.5 Å². The summed E-state index contributed by atoms with van der Waals surface area (Å²) in [5.41, 5.74) is 1.49. The van der Waals surface area contributed by atoms with E-state index in [2.05, 4.69) is 15.6 Å². The monoisotopic (exact) mass is 363 g/mol. The van der Waals surface area contributed by atoms with Crippen LogP contribution in [-0.2, 0) is 4.79 Å². The first kappa shape index (κ1) is 16.5. The van der Waals surface area contributed by atoms with Gasteiger partial charge >= 0.3 is 5.97 Å². The van der Waals surface area contributed by atoms with Gasteiger partial charge in [0.2, 0.25) is 0 Å². The van der Waals surface area contributed by atoms with Crippen LogP contribution in [0.5, 0.6) is 5.75 Å². The highest BCUT2D eigenvalue weighted by atomic mass is 16.5. The van der Waals surface area contributed by atoms with Gasteiger partial charge in [0.05, 0.1) is 29.4 Å². The van der Waals surface area contributed by atoms with E-state index >= 15 is 0 Å². The first-order chi connectivity index (χ1) is 13.0. The molecule has 0 saturated heterocycles. The summed E-state index contributed by atoms with van der Waals surface area (Å²) in [7, 11) is 1.55. The first-order valence-electron chi connectivity index (χ1n) is 7.95. The number of ketones is 1. The summed E-state index contributed by atoms with van der Waals surface area (Å²) >= 11 is 0. The fourth-order valence-electron chi connectivity index (χ4n) is 2.93. The van der Waals surface area contributed by atoms with Gasteiger partial charge < -0.3 is 20.5 Å². The summed E-state index contributed by atoms with van der Waals surface area (Å²) in [6.07, 6.45) is 0. The number of amides is 1. The topological polar surface area (TPSA) is 118 Å². The molecule has 1 aromatic heterocycles. The minimum absolute atomic E-state index is 0.0565. The smallest absolute Gasteiger partial charge is 0.335 e. The van der Waals surface area contributed by atoms with Crippen LogP contribution in [0.25, 0.3) is 10.9 Å². The predicted octanol–water partition coefficient (Wildman–Crippen LogP) is 2.82. The number of aromatic carboxylic acids is 1. The summed E-state index contributed by atoms with van der Waals surface area (Å²) in [5, 5.41) is 15.3. The number of rotatable bonds is 4. The van der Waals surface area contributed by atoms with E-state index < -0.39 is 17.7 Å². The fraction of sp³-hybridized carbons (Fsp3) is 0.0526. The lowest BCUT2D eigenvalue weighted by Gasteiger charge is -2.12. The molecule has 134 valence electrons. The number of hydrogen-bond donors (Lipinski definition) is 3. The summed E-state index contributed by atoms with van der Waals surface area (Å²) in [6.45, 7) is 0. The molecule has 0 bridgehead atoms. The molecule has 8 heteroatoms. The van der Waals surface area contributed by atoms with E-state index in [4.69, 9.17) is 4.74 Å². The summed E-state index contributed by atoms with van der Waals surface area (Å²) in [5.74, 6) is -1.70. The second-order valence-corrected chi connectivity index (χ2v) is 5.88. The van der Waals surface area contributed by atoms with E-state index in [1.165, 1.54) is 18.2 Å². The molecular formula is C19H13N3O5. The molecule has 0 fully saturated rings. The van der Waals surface area contributed by atoms with Gasteiger partial charge in [0.15, 0.2) is 0 Å². The second kappa shape index (κ2) is 6.10. The molecule has 1 aliphatic rings. The number of carboxylic acids is 1. The Morgan fingerprint density at radius 3 is 2.56 bits per heavy atom. The van der Waals surface area contributed by atoms with Gasteiger partial charge in [-0.15, -0.1) is 0 Å². The fourth-order valence-corrected chi connectivity index (χ4v) is 2.93. The number of fused-ring (bicyclic) bond motifs is 3. The van der Waals surface area contributed by atoms with Gasteiger partial charge in [-0.3, -0.25) is 9.59 Å². The van der Waals surface area contributed by atoms with Crippen LogP contribution in [0.1, 0.15) is 20.7 Å². The van der Waals surface area contributed by atoms with Crippen molar-refractivity contribution < 1.29 is 24.2 Å². The number of hydrogen-bond acceptors (Lipinski definition) is 6. The molecule has 3 N–H and O–H groups in total. The number of anilines is 3. The first-order valence-corrected chi connectivity index (χ1v) is 7.95. The van der Waals surface area contributed by atoms with Gasteiger partial charge in [0.25, 0.3) is 11.7 Å². The number of pyridine rings is 1. The Labute approximate surface area is 152 Å². The Hall–Kier alpha value is -3.94. The largest absolute Gasteiger partial charge is 0.497 e. The minimum atomic E-state index is -1.09. The van der Waals surface area contributed by atoms with Crippen molar-refractivity contribution in [3.63, 3.8) is 0 Å². The number of ether oxygens (including phenoxy) is 1. The minimum Gasteiger partial charge on any atom is -0.497 e. The maximum Gasteiger partial charge on any atom is 0.335 e. The predicted molar refractivity (Wildman–Crippen MR) is 97.9 cm³/mol. The average molecular weight is 363 g/mol. The van der Waals surface area contributed by atoms with E-state index in [1.807, 2.05) is 0 Å². The zero-order valence-corrected chi connectivity index (χ0v) is 14.1. The number of nitrogens with one attached hydrogen (secondary N) is 2. The van der Waals surface area contributed by atoms with Gasteiger partial charge in [-0.05, 0) is 42.5 Å². The molecule has 4 rings (SSSR count). The average Bonchev–Trinajstić information content (AvgIpc) is 2.97. The van der Waals surface area contributed by atoms with E-state index in [1.54, 1.807) is 31.4 Å². The van der Waals surface area contributed by atoms with Gasteiger partial charge in [-0.2, -0.15) is 0 Å². The summed E-state index contributed by atoms with van der Waals surface area (Å²) in [6, 6.07) is 11.3. The normalized spacial score (nSPS) is 12.6. The number of carbonyl (C=O) groups excluding carboxylic acids is 2. The standard InChI is InChI=1S/C19H13N3O5/c1-27-11-5-3-10(4-6-11)20-17-14-15(22-18(24)16(14)23)12-7-2-9(19(25)26)8-13(12)21-17/h2-8H,1H3,(H,20,21)(H,25,26)(H,22,23,24). The zero-order valence-electron chi connectivity index (χ0n) is 14.1. The molecular weight excluding hydrogens is 350 g/mol. The molecule has 0 spiro atoms. The van der Waals surface area contributed by atoms with E-state index in [-0.39, 0.29) is 16.9 Å². The lowest BCUT2D eigenvalue weighted by atomic mass is 10.1. The molecule has 3 aromatic rings. The Morgan fingerprint density at radius 2 is 1.89 bits per heavy atom. The van der Waals surface area contributed by atoms with Gasteiger partial charge in [-0.25, -0.2) is 9.78 Å². The number of aromatic nitrogens is 1. The van der Waals surface area contributed by atoms with Crippen molar-refractivity contribution in [2.45, 2.75) is 0 Å². The van der Waals surface area contributed by atoms with E-state index in [0.29, 0.717) is 28.0 Å². The zero-order chi connectivity index (χ0) is 19.1. The number of methoxy groups -OCH3 is 1. The van der Waals surface area contributed by atoms with E-state index in [0.717, 1.165) is 0 Å². The molecule has 1 amide bonds. The van der Waals surface area contributed by atoms with Gasteiger partial charge in [0, 0.05) is 11.1 Å². The van der Waals surface area contributed by atoms with Crippen molar-refractivity contribution in [2.24, 2.45) is 0 Å². The number of nitrogens with zero attached hydrogens (tertiary/aromatic N) is 1. The molecule has 2 aromatic carbocycles. The van der Waals surface area contributed by atoms with Crippen LogP contribution in [0.2, 0.25) is 0 Å². The number of Topliss-reactive ketones (excluding diaryl/α,β-unsaturated/α-hetero) is 1. The van der Waals surface area contributed by atoms with Crippen LogP contribution in [0.15, 0.2) is 42.5 Å². The molecule has 0 atom stereocenters. The molecule has 0 radical (unpaired) electrons. The second-order valence-electron chi connectivity index (χ2n) is 5.88. The van der Waals surface area contributed by atoms with Crippen LogP contribution in [0.3, 0.4) is 0 Å². The number of benzene rings is 2. The third-order valence-electron chi connectivity index (χ3n) is 4.26. The SMILES string of the molecule is COc1ccc(Nc2nc3cc(C(=O)O)ccc3c3c2C(=O)C(=O)N3)cc1. The summed E-state index contributed by atoms with van der Waals surface area (Å²) in [4.78, 5) is 39.9. The Morgan fingerprint density at radius 1 is 1.15 bits per heavy atom. The molecule has 0 aliphatic carbocycles. The lowest BCUT2D eigenvalue weighted by molar-refractivity contribution is -0.112. The van der Waals surface area contributed by atoms with Crippen molar-refractivity contribution in [1.29, 1.82) is 0 Å². The van der Waals surface area contributed by atoms with Gasteiger partial charge in [0.1, 0.15) is 11.6 Å². The molecule has 1 aliphatic heterocycles. The Bertz CT molecular complexity index is 1120. The summed E-state index contributed by atoms with van der Waals surface area (Å²) < 4.78 is 5.11. The number of carboxylic acid groups (broad SMARTS) is 1. The van der Waals surface area contributed by atoms with Crippen molar-refractivity contribution in [2.75, 3.05) is 17.7 Å². The molecule has 8 nitrogen and oxygen atoms in total. The molecule has 0 saturated carbocycles. The van der Waals surface area contributed by atoms with Crippen LogP contribution < -0.4 is 15.4 Å². The van der Waals surface area contributed by atoms with Gasteiger partial charge in [-0.1, -0.05) is 0 Å². The maximum atomic E-state index is 12.3. The van der Waals surface area contributed by atoms with Crippen molar-refractivity contribution in [1.82, 2.24) is 4.98 Å². The highest BCUT2D eigenvalue weighted by molar-refractivity contribution is 6.54. The quantitative estimate of drug-likeness (QED) is 0.610. The highest BCUT2D eigenvalue weighted by Gasteiger charge is 2.34. The Kier molecular flexibility index (Phi) is 3.73. The van der Waals surface area contributed by atoms with Crippen LogP contribution in [-0.4, -0.2) is 34.9 Å². The highest BCUT2D eigenvalue weighted by Crippen LogP contribution is 2.37. The molecule has 2 heterocycles. The third-order valence-corrected chi connectivity index (χ3v) is 4.26.